The van der Waals surface area contributed by atoms with Gasteiger partial charge in [-0.05, 0) is 31.5 Å². The predicted molar refractivity (Wildman–Crippen MR) is 103 cm³/mol. The van der Waals surface area contributed by atoms with Crippen molar-refractivity contribution in [3.05, 3.63) is 65.7 Å². The number of carboxylic acids is 1. The molecule has 27 heavy (non-hydrogen) atoms. The van der Waals surface area contributed by atoms with Crippen LogP contribution in [0.25, 0.3) is 0 Å². The van der Waals surface area contributed by atoms with Crippen molar-refractivity contribution >= 4 is 27.6 Å². The van der Waals surface area contributed by atoms with Gasteiger partial charge in [-0.1, -0.05) is 42.5 Å². The van der Waals surface area contributed by atoms with E-state index in [-0.39, 0.29) is 23.5 Å². The van der Waals surface area contributed by atoms with E-state index in [4.69, 9.17) is 0 Å². The lowest BCUT2D eigenvalue weighted by atomic mass is 9.82. The molecular weight excluding hydrogens is 368 g/mol. The first-order valence-electron chi connectivity index (χ1n) is 8.36. The second-order valence-corrected chi connectivity index (χ2v) is 8.25. The topological polar surface area (TPSA) is 113 Å². The lowest BCUT2D eigenvalue weighted by Gasteiger charge is -2.26. The van der Waals surface area contributed by atoms with E-state index in [1.54, 1.807) is 42.5 Å². The monoisotopic (exact) mass is 390 g/mol. The average Bonchev–Trinajstić information content (AvgIpc) is 2.66. The smallest absolute Gasteiger partial charge is 0.315 e. The van der Waals surface area contributed by atoms with Gasteiger partial charge < -0.3 is 10.4 Å². The first kappa shape index (κ1) is 20.4. The van der Waals surface area contributed by atoms with E-state index >= 15 is 0 Å². The predicted octanol–water partition coefficient (Wildman–Crippen LogP) is 2.22. The SMILES string of the molecule is CCS(=O)(=O)Nc1ccccc1C(=O)NCC(C)(C(=O)O)c1ccccc1. The van der Waals surface area contributed by atoms with E-state index in [2.05, 4.69) is 10.0 Å². The van der Waals surface area contributed by atoms with Gasteiger partial charge in [-0.25, -0.2) is 8.42 Å². The maximum Gasteiger partial charge on any atom is 0.315 e. The Balaban J connectivity index is 2.24. The number of benzene rings is 2. The number of hydrogen-bond acceptors (Lipinski definition) is 4. The molecule has 2 aromatic carbocycles. The Morgan fingerprint density at radius 1 is 1.04 bits per heavy atom. The highest BCUT2D eigenvalue weighted by Crippen LogP contribution is 2.24. The minimum Gasteiger partial charge on any atom is -0.481 e. The highest BCUT2D eigenvalue weighted by molar-refractivity contribution is 7.92. The van der Waals surface area contributed by atoms with Gasteiger partial charge in [0.25, 0.3) is 5.91 Å². The van der Waals surface area contributed by atoms with Crippen molar-refractivity contribution in [1.29, 1.82) is 0 Å². The third kappa shape index (κ3) is 4.85. The van der Waals surface area contributed by atoms with E-state index in [1.807, 2.05) is 0 Å². The van der Waals surface area contributed by atoms with Crippen molar-refractivity contribution in [1.82, 2.24) is 5.32 Å². The van der Waals surface area contributed by atoms with Crippen LogP contribution in [0.2, 0.25) is 0 Å². The molecule has 0 aromatic heterocycles. The zero-order chi connectivity index (χ0) is 20.1. The summed E-state index contributed by atoms with van der Waals surface area (Å²) in [6.45, 7) is 2.86. The number of amides is 1. The van der Waals surface area contributed by atoms with Crippen LogP contribution in [0.1, 0.15) is 29.8 Å². The van der Waals surface area contributed by atoms with Crippen molar-refractivity contribution in [2.75, 3.05) is 17.0 Å². The molecule has 0 saturated heterocycles. The molecule has 144 valence electrons. The van der Waals surface area contributed by atoms with Crippen LogP contribution in [0, 0.1) is 0 Å². The van der Waals surface area contributed by atoms with E-state index < -0.39 is 27.3 Å². The quantitative estimate of drug-likeness (QED) is 0.640. The molecule has 0 spiro atoms. The van der Waals surface area contributed by atoms with Crippen LogP contribution in [0.4, 0.5) is 5.69 Å². The lowest BCUT2D eigenvalue weighted by Crippen LogP contribution is -2.44. The summed E-state index contributed by atoms with van der Waals surface area (Å²) >= 11 is 0. The van der Waals surface area contributed by atoms with Gasteiger partial charge in [0.05, 0.1) is 17.0 Å². The summed E-state index contributed by atoms with van der Waals surface area (Å²) in [6, 6.07) is 14.8. The number of nitrogens with one attached hydrogen (secondary N) is 2. The maximum atomic E-state index is 12.6. The number of anilines is 1. The summed E-state index contributed by atoms with van der Waals surface area (Å²) in [7, 11) is -3.55. The molecular formula is C19H22N2O5S. The first-order valence-corrected chi connectivity index (χ1v) is 10.0. The van der Waals surface area contributed by atoms with Gasteiger partial charge in [-0.3, -0.25) is 14.3 Å². The number of carbonyl (C=O) groups excluding carboxylic acids is 1. The number of aliphatic carboxylic acids is 1. The molecule has 7 nitrogen and oxygen atoms in total. The third-order valence-electron chi connectivity index (χ3n) is 4.30. The van der Waals surface area contributed by atoms with Crippen molar-refractivity contribution in [3.63, 3.8) is 0 Å². The Bertz CT molecular complexity index is 928. The van der Waals surface area contributed by atoms with Gasteiger partial charge in [-0.15, -0.1) is 0 Å². The Hall–Kier alpha value is -2.87. The molecule has 0 saturated carbocycles. The molecule has 1 amide bonds. The van der Waals surface area contributed by atoms with Crippen molar-refractivity contribution < 1.29 is 23.1 Å². The Labute approximate surface area is 158 Å². The number of rotatable bonds is 8. The summed E-state index contributed by atoms with van der Waals surface area (Å²) < 4.78 is 26.0. The maximum absolute atomic E-state index is 12.6. The molecule has 0 fully saturated rings. The first-order chi connectivity index (χ1) is 12.7. The van der Waals surface area contributed by atoms with Gasteiger partial charge in [0, 0.05) is 6.54 Å². The summed E-state index contributed by atoms with van der Waals surface area (Å²) in [6.07, 6.45) is 0. The lowest BCUT2D eigenvalue weighted by molar-refractivity contribution is -0.142. The molecule has 3 N–H and O–H groups in total. The van der Waals surface area contributed by atoms with Crippen LogP contribution in [0.15, 0.2) is 54.6 Å². The van der Waals surface area contributed by atoms with Gasteiger partial charge in [-0.2, -0.15) is 0 Å². The summed E-state index contributed by atoms with van der Waals surface area (Å²) in [5.41, 5.74) is -0.504. The largest absolute Gasteiger partial charge is 0.481 e. The highest BCUT2D eigenvalue weighted by Gasteiger charge is 2.35. The second-order valence-electron chi connectivity index (χ2n) is 6.24. The molecule has 0 aliphatic heterocycles. The fourth-order valence-corrected chi connectivity index (χ4v) is 3.13. The molecule has 1 unspecified atom stereocenters. The third-order valence-corrected chi connectivity index (χ3v) is 5.59. The van der Waals surface area contributed by atoms with Crippen molar-refractivity contribution in [2.45, 2.75) is 19.3 Å². The normalized spacial score (nSPS) is 13.4. The molecule has 0 aliphatic rings. The average molecular weight is 390 g/mol. The minimum absolute atomic E-state index is 0.121. The van der Waals surface area contributed by atoms with Crippen molar-refractivity contribution in [3.8, 4) is 0 Å². The molecule has 8 heteroatoms. The van der Waals surface area contributed by atoms with Gasteiger partial charge in [0.1, 0.15) is 5.41 Å². The second kappa shape index (κ2) is 8.22. The van der Waals surface area contributed by atoms with Crippen LogP contribution in [-0.2, 0) is 20.2 Å². The molecule has 1 atom stereocenters. The van der Waals surface area contributed by atoms with Crippen LogP contribution in [-0.4, -0.2) is 37.7 Å². The molecule has 0 radical (unpaired) electrons. The summed E-state index contributed by atoms with van der Waals surface area (Å²) in [5.74, 6) is -1.77. The Kier molecular flexibility index (Phi) is 6.22. The molecule has 2 rings (SSSR count). The fourth-order valence-electron chi connectivity index (χ4n) is 2.47. The number of carboxylic acid groups (broad SMARTS) is 1. The van der Waals surface area contributed by atoms with Crippen LogP contribution in [0.3, 0.4) is 0 Å². The van der Waals surface area contributed by atoms with E-state index in [9.17, 15) is 23.1 Å². The Morgan fingerprint density at radius 2 is 1.63 bits per heavy atom. The van der Waals surface area contributed by atoms with Gasteiger partial charge in [0.15, 0.2) is 0 Å². The summed E-state index contributed by atoms with van der Waals surface area (Å²) in [4.78, 5) is 24.4. The number of para-hydroxylation sites is 1. The minimum atomic E-state index is -3.55. The number of sulfonamides is 1. The molecule has 0 heterocycles. The van der Waals surface area contributed by atoms with E-state index in [1.165, 1.54) is 26.0 Å². The van der Waals surface area contributed by atoms with Crippen LogP contribution >= 0.6 is 0 Å². The van der Waals surface area contributed by atoms with E-state index in [0.29, 0.717) is 5.56 Å². The standard InChI is InChI=1S/C19H22N2O5S/c1-3-27(25,26)21-16-12-8-7-11-15(16)17(22)20-13-19(2,18(23)24)14-9-5-4-6-10-14/h4-12,21H,3,13H2,1-2H3,(H,20,22)(H,23,24). The molecule has 0 bridgehead atoms. The zero-order valence-electron chi connectivity index (χ0n) is 15.1. The number of carbonyl (C=O) groups is 2. The van der Waals surface area contributed by atoms with Crippen molar-refractivity contribution in [2.24, 2.45) is 0 Å². The van der Waals surface area contributed by atoms with Crippen LogP contribution in [0.5, 0.6) is 0 Å². The van der Waals surface area contributed by atoms with Crippen LogP contribution < -0.4 is 10.0 Å². The molecule has 2 aromatic rings. The summed E-state index contributed by atoms with van der Waals surface area (Å²) in [5, 5.41) is 12.3. The van der Waals surface area contributed by atoms with Gasteiger partial charge >= 0.3 is 5.97 Å². The Morgan fingerprint density at radius 3 is 2.22 bits per heavy atom. The highest BCUT2D eigenvalue weighted by atomic mass is 32.2. The fraction of sp³-hybridized carbons (Fsp3) is 0.263. The molecule has 0 aliphatic carbocycles. The van der Waals surface area contributed by atoms with E-state index in [0.717, 1.165) is 0 Å². The number of hydrogen-bond donors (Lipinski definition) is 3. The zero-order valence-corrected chi connectivity index (χ0v) is 15.9. The van der Waals surface area contributed by atoms with Gasteiger partial charge in [0.2, 0.25) is 10.0 Å².